The molecule has 70 heavy (non-hydrogen) atoms. The second-order valence-electron chi connectivity index (χ2n) is 19.0. The Morgan fingerprint density at radius 1 is 0.443 bits per heavy atom. The van der Waals surface area contributed by atoms with Gasteiger partial charge in [-0.1, -0.05) is 122 Å². The Bertz CT molecular complexity index is 2990. The number of benzene rings is 5. The van der Waals surface area contributed by atoms with Gasteiger partial charge in [-0.25, -0.2) is 0 Å². The predicted octanol–water partition coefficient (Wildman–Crippen LogP) is 15.7. The molecule has 12 heteroatoms. The smallest absolute Gasteiger partial charge is 0.159 e. The number of anilines is 1. The lowest BCUT2D eigenvalue weighted by Gasteiger charge is -2.21. The molecule has 13 rings (SSSR count). The summed E-state index contributed by atoms with van der Waals surface area (Å²) in [5.41, 5.74) is 37.6. The van der Waals surface area contributed by atoms with E-state index in [-0.39, 0.29) is 12.4 Å². The van der Waals surface area contributed by atoms with Crippen LogP contribution in [0.4, 0.5) is 5.69 Å². The lowest BCUT2D eigenvalue weighted by Crippen LogP contribution is -2.25. The van der Waals surface area contributed by atoms with Gasteiger partial charge in [0.05, 0.1) is 0 Å². The summed E-state index contributed by atoms with van der Waals surface area (Å²) in [5.74, 6) is 5.87. The summed E-state index contributed by atoms with van der Waals surface area (Å²) in [6, 6.07) is 33.9. The van der Waals surface area contributed by atoms with Crippen LogP contribution in [0.15, 0.2) is 142 Å². The standard InChI is InChI=1S/2C13H14BrN.2C13H11BrO.C6H7BrN2.ClH/c14-11-5-1-3-8-7-10-9(13(8)11)4-2-6-12(10)15;14-9-4-5-10-8(6-9)7-12-11(10)2-1-3-13(12)15;14-11-5-1-3-8-7-10-9(13(8)11)4-2-6-12(10)15;14-9-4-5-10-8(6-9)7-12-11(10)2-1-3-13(12)15;7-5-2-1-3-6(4-5)9-8;/h1,3,5,12H,2,4,6-7,15H2;4-6,13H,1-3,7,15H2;1,3,5H,2,4,6-7H2;4-6H,1-3,7H2;1-4,9H,8H2;1H. The van der Waals surface area contributed by atoms with E-state index in [0.717, 1.165) is 107 Å². The zero-order valence-electron chi connectivity index (χ0n) is 39.1. The van der Waals surface area contributed by atoms with E-state index in [0.29, 0.717) is 23.7 Å². The zero-order chi connectivity index (χ0) is 48.3. The lowest BCUT2D eigenvalue weighted by atomic mass is 9.88. The van der Waals surface area contributed by atoms with Gasteiger partial charge in [0.1, 0.15) is 0 Å². The molecule has 0 radical (unpaired) electrons. The fraction of sp³-hybridized carbons (Fsp3) is 0.310. The molecule has 0 fully saturated rings. The SMILES string of the molecule is Cl.NC1CCCC2=C1Cc1cc(Br)ccc12.NC1CCCC2=C1Cc1cccc(Br)c12.NNc1cccc(Br)c1.O=C1CCCC2=C1Cc1cc(Br)ccc12.O=C1CCCC2=C1Cc1cccc(Br)c12. The molecule has 5 aromatic carbocycles. The van der Waals surface area contributed by atoms with Gasteiger partial charge < -0.3 is 16.9 Å². The fourth-order valence-corrected chi connectivity index (χ4v) is 14.0. The molecular weight excluding hydrogens is 1220 g/mol. The number of fused-ring (bicyclic) bond motifs is 8. The number of hydrogen-bond donors (Lipinski definition) is 4. The molecule has 0 aliphatic heterocycles. The van der Waals surface area contributed by atoms with E-state index >= 15 is 0 Å². The van der Waals surface area contributed by atoms with Crippen LogP contribution in [0.25, 0.3) is 22.3 Å². The van der Waals surface area contributed by atoms with E-state index in [9.17, 15) is 9.59 Å². The Hall–Kier alpha value is -3.23. The highest BCUT2D eigenvalue weighted by Crippen LogP contribution is 2.46. The van der Waals surface area contributed by atoms with Gasteiger partial charge >= 0.3 is 0 Å². The Balaban J connectivity index is 0.000000118. The summed E-state index contributed by atoms with van der Waals surface area (Å²) in [5, 5.41) is 0. The van der Waals surface area contributed by atoms with Crippen molar-refractivity contribution in [1.82, 2.24) is 0 Å². The Morgan fingerprint density at radius 2 is 0.900 bits per heavy atom. The summed E-state index contributed by atoms with van der Waals surface area (Å²) in [6.45, 7) is 0. The second kappa shape index (κ2) is 23.8. The number of carbonyl (C=O) groups excluding carboxylic acids is 2. The molecule has 5 aromatic rings. The summed E-state index contributed by atoms with van der Waals surface area (Å²) < 4.78 is 5.68. The van der Waals surface area contributed by atoms with Crippen molar-refractivity contribution < 1.29 is 9.59 Å². The van der Waals surface area contributed by atoms with E-state index in [1.807, 2.05) is 30.3 Å². The van der Waals surface area contributed by atoms with Crippen molar-refractivity contribution in [1.29, 1.82) is 0 Å². The number of ketones is 2. The van der Waals surface area contributed by atoms with Gasteiger partial charge in [-0.3, -0.25) is 15.4 Å². The number of halogens is 6. The van der Waals surface area contributed by atoms with Crippen molar-refractivity contribution in [2.45, 2.75) is 115 Å². The number of nitrogens with two attached hydrogens (primary N) is 3. The van der Waals surface area contributed by atoms with Crippen LogP contribution >= 0.6 is 92.1 Å². The van der Waals surface area contributed by atoms with Gasteiger partial charge in [0.25, 0.3) is 0 Å². The monoisotopic (exact) mass is 1270 g/mol. The number of rotatable bonds is 1. The number of Topliss-reactive ketones (excluding diaryl/α,β-unsaturated/α-hetero) is 2. The van der Waals surface area contributed by atoms with Crippen LogP contribution in [-0.4, -0.2) is 23.7 Å². The van der Waals surface area contributed by atoms with Crippen LogP contribution < -0.4 is 22.7 Å². The van der Waals surface area contributed by atoms with Crippen molar-refractivity contribution in [3.05, 3.63) is 186 Å². The first-order valence-corrected chi connectivity index (χ1v) is 28.2. The van der Waals surface area contributed by atoms with Crippen LogP contribution in [0.2, 0.25) is 0 Å². The topological polar surface area (TPSA) is 124 Å². The third kappa shape index (κ3) is 11.6. The molecule has 364 valence electrons. The van der Waals surface area contributed by atoms with Gasteiger partial charge in [-0.2, -0.15) is 0 Å². The van der Waals surface area contributed by atoms with Gasteiger partial charge in [0, 0.05) is 77.0 Å². The molecule has 2 atom stereocenters. The third-order valence-electron chi connectivity index (χ3n) is 14.7. The van der Waals surface area contributed by atoms with Crippen molar-refractivity contribution in [3.8, 4) is 0 Å². The number of hydrazine groups is 1. The molecular formula is C58H58Br5ClN4O2. The predicted molar refractivity (Wildman–Crippen MR) is 310 cm³/mol. The van der Waals surface area contributed by atoms with Crippen molar-refractivity contribution in [2.75, 3.05) is 5.43 Å². The lowest BCUT2D eigenvalue weighted by molar-refractivity contribution is -0.116. The highest BCUT2D eigenvalue weighted by molar-refractivity contribution is 9.11. The molecule has 7 N–H and O–H groups in total. The van der Waals surface area contributed by atoms with E-state index in [4.69, 9.17) is 17.3 Å². The molecule has 8 aliphatic carbocycles. The van der Waals surface area contributed by atoms with Crippen LogP contribution in [0, 0.1) is 0 Å². The third-order valence-corrected chi connectivity index (χ3v) is 17.5. The summed E-state index contributed by atoms with van der Waals surface area (Å²) in [4.78, 5) is 23.5. The van der Waals surface area contributed by atoms with Crippen LogP contribution in [0.1, 0.15) is 122 Å². The molecule has 0 heterocycles. The maximum absolute atomic E-state index is 11.8. The minimum atomic E-state index is 0. The number of nitrogen functional groups attached to an aromatic ring is 1. The molecule has 6 nitrogen and oxygen atoms in total. The highest BCUT2D eigenvalue weighted by Gasteiger charge is 2.32. The normalized spacial score (nSPS) is 19.7. The molecule has 8 aliphatic rings. The van der Waals surface area contributed by atoms with E-state index in [2.05, 4.69) is 152 Å². The molecule has 0 saturated carbocycles. The first kappa shape index (κ1) is 53.1. The largest absolute Gasteiger partial charge is 0.324 e. The van der Waals surface area contributed by atoms with E-state index in [1.54, 1.807) is 0 Å². The van der Waals surface area contributed by atoms with Gasteiger partial charge in [0.2, 0.25) is 0 Å². The minimum absolute atomic E-state index is 0. The molecule has 0 aromatic heterocycles. The second-order valence-corrected chi connectivity index (χ2v) is 23.4. The summed E-state index contributed by atoms with van der Waals surface area (Å²) >= 11 is 17.6. The number of allylic oxidation sites excluding steroid dienone is 6. The molecule has 0 spiro atoms. The van der Waals surface area contributed by atoms with Gasteiger partial charge in [-0.15, -0.1) is 12.4 Å². The number of nitrogens with one attached hydrogen (secondary N) is 1. The summed E-state index contributed by atoms with van der Waals surface area (Å²) in [6.07, 6.45) is 16.7. The first-order chi connectivity index (χ1) is 33.4. The number of carbonyl (C=O) groups is 2. The Morgan fingerprint density at radius 3 is 1.50 bits per heavy atom. The average Bonchev–Trinajstić information content (AvgIpc) is 4.12. The van der Waals surface area contributed by atoms with Gasteiger partial charge in [0.15, 0.2) is 11.6 Å². The number of hydrogen-bond acceptors (Lipinski definition) is 6. The van der Waals surface area contributed by atoms with Crippen LogP contribution in [0.5, 0.6) is 0 Å². The Kier molecular flexibility index (Phi) is 18.0. The van der Waals surface area contributed by atoms with Gasteiger partial charge in [-0.05, 0) is 210 Å². The van der Waals surface area contributed by atoms with E-state index in [1.165, 1.54) is 113 Å². The van der Waals surface area contributed by atoms with Crippen molar-refractivity contribution >= 4 is 132 Å². The van der Waals surface area contributed by atoms with Crippen molar-refractivity contribution in [2.24, 2.45) is 17.3 Å². The molecule has 0 saturated heterocycles. The molecule has 2 unspecified atom stereocenters. The van der Waals surface area contributed by atoms with E-state index < -0.39 is 0 Å². The maximum Gasteiger partial charge on any atom is 0.159 e. The fourth-order valence-electron chi connectivity index (χ4n) is 11.4. The average molecular weight is 1280 g/mol. The van der Waals surface area contributed by atoms with Crippen LogP contribution in [0.3, 0.4) is 0 Å². The quantitative estimate of drug-likeness (QED) is 0.0979. The highest BCUT2D eigenvalue weighted by atomic mass is 79.9. The molecule has 0 amide bonds. The zero-order valence-corrected chi connectivity index (χ0v) is 47.8. The molecule has 0 bridgehead atoms. The van der Waals surface area contributed by atoms with Crippen LogP contribution in [-0.2, 0) is 35.3 Å². The Labute approximate surface area is 460 Å². The minimum Gasteiger partial charge on any atom is -0.324 e. The van der Waals surface area contributed by atoms with Crippen molar-refractivity contribution in [3.63, 3.8) is 0 Å². The first-order valence-electron chi connectivity index (χ1n) is 24.2. The summed E-state index contributed by atoms with van der Waals surface area (Å²) in [7, 11) is 0. The maximum atomic E-state index is 11.8.